The minimum Gasteiger partial charge on any atom is -0.392 e. The topological polar surface area (TPSA) is 39.6 Å². The summed E-state index contributed by atoms with van der Waals surface area (Å²) < 4.78 is 0. The van der Waals surface area contributed by atoms with E-state index in [1.54, 1.807) is 0 Å². The second kappa shape index (κ2) is 7.23. The van der Waals surface area contributed by atoms with Crippen LogP contribution in [0.5, 0.6) is 0 Å². The first-order valence-corrected chi connectivity index (χ1v) is 8.12. The van der Waals surface area contributed by atoms with Crippen LogP contribution in [0, 0.1) is 0 Å². The average Bonchev–Trinajstić information content (AvgIpc) is 2.93. The van der Waals surface area contributed by atoms with E-state index in [0.717, 1.165) is 30.2 Å². The smallest absolute Gasteiger partial charge is 0.128 e. The Hall–Kier alpha value is -1.13. The minimum absolute atomic E-state index is 0.0770. The van der Waals surface area contributed by atoms with Crippen LogP contribution in [-0.4, -0.2) is 47.7 Å². The first-order valence-electron chi connectivity index (χ1n) is 8.12. The molecule has 1 saturated heterocycles. The number of pyridine rings is 1. The van der Waals surface area contributed by atoms with Crippen LogP contribution in [0.3, 0.4) is 0 Å². The van der Waals surface area contributed by atoms with Crippen molar-refractivity contribution in [2.45, 2.75) is 52.2 Å². The van der Waals surface area contributed by atoms with Gasteiger partial charge in [-0.25, -0.2) is 4.98 Å². The van der Waals surface area contributed by atoms with E-state index >= 15 is 0 Å². The molecule has 0 bridgehead atoms. The fraction of sp³-hybridized carbons (Fsp3) is 0.706. The number of likely N-dealkylation sites (tertiary alicyclic amines) is 1. The predicted molar refractivity (Wildman–Crippen MR) is 87.8 cm³/mol. The highest BCUT2D eigenvalue weighted by Gasteiger charge is 2.24. The van der Waals surface area contributed by atoms with Gasteiger partial charge in [0, 0.05) is 25.3 Å². The van der Waals surface area contributed by atoms with Crippen LogP contribution in [0.1, 0.15) is 50.8 Å². The summed E-state index contributed by atoms with van der Waals surface area (Å²) in [5, 5.41) is 9.46. The van der Waals surface area contributed by atoms with E-state index in [2.05, 4.69) is 37.6 Å². The van der Waals surface area contributed by atoms with Crippen molar-refractivity contribution >= 4 is 5.82 Å². The van der Waals surface area contributed by atoms with Crippen LogP contribution in [0.4, 0.5) is 5.82 Å². The maximum absolute atomic E-state index is 9.46. The van der Waals surface area contributed by atoms with E-state index in [-0.39, 0.29) is 6.61 Å². The summed E-state index contributed by atoms with van der Waals surface area (Å²) in [5.74, 6) is 1.36. The Morgan fingerprint density at radius 3 is 2.81 bits per heavy atom. The van der Waals surface area contributed by atoms with Crippen LogP contribution in [0.15, 0.2) is 12.1 Å². The Morgan fingerprint density at radius 1 is 1.43 bits per heavy atom. The van der Waals surface area contributed by atoms with Crippen molar-refractivity contribution in [2.75, 3.05) is 31.6 Å². The molecule has 1 aliphatic rings. The molecular formula is C17H29N3O. The quantitative estimate of drug-likeness (QED) is 0.874. The van der Waals surface area contributed by atoms with Gasteiger partial charge in [0.15, 0.2) is 0 Å². The van der Waals surface area contributed by atoms with Crippen molar-refractivity contribution in [3.63, 3.8) is 0 Å². The number of rotatable bonds is 6. The normalized spacial score (nSPS) is 19.4. The van der Waals surface area contributed by atoms with Gasteiger partial charge in [0.1, 0.15) is 5.82 Å². The molecule has 0 spiro atoms. The molecule has 0 radical (unpaired) electrons. The highest BCUT2D eigenvalue weighted by Crippen LogP contribution is 2.22. The fourth-order valence-corrected chi connectivity index (χ4v) is 3.10. The van der Waals surface area contributed by atoms with Crippen LogP contribution in [0.2, 0.25) is 0 Å². The lowest BCUT2D eigenvalue weighted by Crippen LogP contribution is -2.39. The third-order valence-electron chi connectivity index (χ3n) is 4.45. The van der Waals surface area contributed by atoms with E-state index < -0.39 is 0 Å². The zero-order chi connectivity index (χ0) is 15.4. The van der Waals surface area contributed by atoms with Gasteiger partial charge in [0.25, 0.3) is 0 Å². The second-order valence-electron chi connectivity index (χ2n) is 6.38. The van der Waals surface area contributed by atoms with Crippen LogP contribution >= 0.6 is 0 Å². The molecule has 4 heteroatoms. The monoisotopic (exact) mass is 291 g/mol. The van der Waals surface area contributed by atoms with Gasteiger partial charge < -0.3 is 10.0 Å². The molecule has 0 aliphatic carbocycles. The molecule has 1 aromatic rings. The molecule has 21 heavy (non-hydrogen) atoms. The van der Waals surface area contributed by atoms with Crippen LogP contribution in [-0.2, 0) is 6.61 Å². The SMILES string of the molecule is CCN1CCCC1CN(C)c1cc(CO)cc(C(C)C)n1. The summed E-state index contributed by atoms with van der Waals surface area (Å²) in [5.41, 5.74) is 2.01. The van der Waals surface area contributed by atoms with E-state index in [4.69, 9.17) is 4.98 Å². The molecule has 118 valence electrons. The maximum Gasteiger partial charge on any atom is 0.128 e. The third kappa shape index (κ3) is 3.95. The Kier molecular flexibility index (Phi) is 5.59. The molecule has 1 atom stereocenters. The molecule has 0 saturated carbocycles. The lowest BCUT2D eigenvalue weighted by molar-refractivity contribution is 0.270. The average molecular weight is 291 g/mol. The van der Waals surface area contributed by atoms with Crippen molar-refractivity contribution in [2.24, 2.45) is 0 Å². The number of likely N-dealkylation sites (N-methyl/N-ethyl adjacent to an activating group) is 2. The lowest BCUT2D eigenvalue weighted by Gasteiger charge is -2.29. The Labute approximate surface area is 128 Å². The van der Waals surface area contributed by atoms with Gasteiger partial charge in [0.05, 0.1) is 6.61 Å². The highest BCUT2D eigenvalue weighted by atomic mass is 16.3. The van der Waals surface area contributed by atoms with Gasteiger partial charge in [-0.15, -0.1) is 0 Å². The maximum atomic E-state index is 9.46. The number of hydrogen-bond donors (Lipinski definition) is 1. The van der Waals surface area contributed by atoms with E-state index in [1.807, 2.05) is 12.1 Å². The molecule has 1 N–H and O–H groups in total. The van der Waals surface area contributed by atoms with E-state index in [9.17, 15) is 5.11 Å². The summed E-state index contributed by atoms with van der Waals surface area (Å²) in [6, 6.07) is 4.65. The number of hydrogen-bond acceptors (Lipinski definition) is 4. The molecule has 1 aromatic heterocycles. The largest absolute Gasteiger partial charge is 0.392 e. The van der Waals surface area contributed by atoms with Gasteiger partial charge in [0.2, 0.25) is 0 Å². The Morgan fingerprint density at radius 2 is 2.19 bits per heavy atom. The van der Waals surface area contributed by atoms with Crippen molar-refractivity contribution in [3.8, 4) is 0 Å². The van der Waals surface area contributed by atoms with Gasteiger partial charge >= 0.3 is 0 Å². The summed E-state index contributed by atoms with van der Waals surface area (Å²) in [6.07, 6.45) is 2.57. The van der Waals surface area contributed by atoms with Crippen molar-refractivity contribution in [1.82, 2.24) is 9.88 Å². The molecule has 1 aliphatic heterocycles. The number of aliphatic hydroxyl groups is 1. The number of nitrogens with zero attached hydrogens (tertiary/aromatic N) is 3. The van der Waals surface area contributed by atoms with Gasteiger partial charge in [-0.1, -0.05) is 20.8 Å². The molecule has 2 heterocycles. The number of anilines is 1. The highest BCUT2D eigenvalue weighted by molar-refractivity contribution is 5.42. The van der Waals surface area contributed by atoms with E-state index in [0.29, 0.717) is 12.0 Å². The third-order valence-corrected chi connectivity index (χ3v) is 4.45. The van der Waals surface area contributed by atoms with Crippen LogP contribution in [0.25, 0.3) is 0 Å². The summed E-state index contributed by atoms with van der Waals surface area (Å²) in [4.78, 5) is 9.56. The zero-order valence-electron chi connectivity index (χ0n) is 13.8. The first kappa shape index (κ1) is 16.2. The summed E-state index contributed by atoms with van der Waals surface area (Å²) >= 11 is 0. The van der Waals surface area contributed by atoms with Crippen molar-refractivity contribution in [1.29, 1.82) is 0 Å². The lowest BCUT2D eigenvalue weighted by atomic mass is 10.1. The number of aliphatic hydroxyl groups excluding tert-OH is 1. The predicted octanol–water partition coefficient (Wildman–Crippen LogP) is 2.62. The van der Waals surface area contributed by atoms with Crippen molar-refractivity contribution < 1.29 is 5.11 Å². The minimum atomic E-state index is 0.0770. The standard InChI is InChI=1S/C17H29N3O/c1-5-20-8-6-7-15(20)11-19(4)17-10-14(12-21)9-16(18-17)13(2)3/h9-10,13,15,21H,5-8,11-12H2,1-4H3. The molecule has 1 unspecified atom stereocenters. The molecule has 2 rings (SSSR count). The second-order valence-corrected chi connectivity index (χ2v) is 6.38. The molecule has 0 amide bonds. The Bertz CT molecular complexity index is 461. The van der Waals surface area contributed by atoms with Gasteiger partial charge in [-0.3, -0.25) is 4.90 Å². The molecule has 0 aromatic carbocycles. The Balaban J connectivity index is 2.14. The summed E-state index contributed by atoms with van der Waals surface area (Å²) in [6.45, 7) is 9.95. The molecule has 4 nitrogen and oxygen atoms in total. The molecular weight excluding hydrogens is 262 g/mol. The van der Waals surface area contributed by atoms with Gasteiger partial charge in [-0.2, -0.15) is 0 Å². The first-order chi connectivity index (χ1) is 10.0. The number of aromatic nitrogens is 1. The van der Waals surface area contributed by atoms with Crippen molar-refractivity contribution in [3.05, 3.63) is 23.4 Å². The van der Waals surface area contributed by atoms with Crippen LogP contribution < -0.4 is 4.90 Å². The zero-order valence-corrected chi connectivity index (χ0v) is 13.8. The fourth-order valence-electron chi connectivity index (χ4n) is 3.10. The van der Waals surface area contributed by atoms with E-state index in [1.165, 1.54) is 19.4 Å². The van der Waals surface area contributed by atoms with Gasteiger partial charge in [-0.05, 0) is 49.5 Å². The summed E-state index contributed by atoms with van der Waals surface area (Å²) in [7, 11) is 2.11. The molecule has 1 fully saturated rings.